The standard InChI is InChI=1S/C28H36F3N3O5.C26H37N3O4.C21H29N3O2.C19H23F3N2O2.C9H15NO4.C4H7NO2/c1-25(2,3)39-24(37)32-27(9-10-27)22(35)33-13-11-26(12-14-33)16-19(17-38-26)34(23(36)28(29,30)31)21-15-20(21)18-7-5-4-6-8-18;1-24(2,3)33-23(31)28-26(9-10-26)22(30)29-13-11-25(12-14-29)16-19(17-32-25)27-21-15-20(21)18-7-5-4-6-8-18;22-21(6-7-21)19(25)24-10-8-20(9-11-24)13-16(14-26-20)23-18-12-17(18)15-4-2-1-3-5-15;20-19(21,22)17(25)24(16-10-15(16)13-4-2-1-3-5-13)14-11-18(26-12-14)6-8-23-9-7-18;1-8(2,3)14-7(13)10-9(4-5-9)6(11)12;5-4(1-2-4)3(6)7/h4-8,19-21H,9-17H2,1-3H3,(H,32,37);4-8,19-21,27H,9-17H2,1-3H3,(H,28,31);1-5,16-18,23H,6-14,22H2;1-5,14-16,23H,6-12H2;4-5H2,1-3H3,(H,10,13)(H,11,12);1-2,5H2,(H,6,7)/t2*19?,20-,21+;16?,17-,18+;14?,15-,16+;;/m0000../s1. The van der Waals surface area contributed by atoms with Crippen LogP contribution in [-0.4, -0.2) is 301 Å². The van der Waals surface area contributed by atoms with Gasteiger partial charge < -0.3 is 111 Å². The predicted octanol–water partition coefficient (Wildman–Crippen LogP) is 12.8. The van der Waals surface area contributed by atoms with Crippen LogP contribution in [0.25, 0.3) is 0 Å². The Kier molecular flexibility index (Phi) is 31.2. The first-order chi connectivity index (χ1) is 68.3. The highest BCUT2D eigenvalue weighted by Crippen LogP contribution is 2.54. The summed E-state index contributed by atoms with van der Waals surface area (Å²) in [5.74, 6) is -4.25. The molecular weight excluding hydrogens is 1890 g/mol. The number of aliphatic carboxylic acids is 2. The Morgan fingerprint density at radius 2 is 0.655 bits per heavy atom. The van der Waals surface area contributed by atoms with Gasteiger partial charge in [-0.25, -0.2) is 19.2 Å². The van der Waals surface area contributed by atoms with Gasteiger partial charge in [-0.1, -0.05) is 121 Å². The van der Waals surface area contributed by atoms with Gasteiger partial charge in [0.1, 0.15) is 39.0 Å². The second-order valence-electron chi connectivity index (χ2n) is 46.8. The topological polar surface area (TPSA) is 416 Å². The number of alkyl halides is 6. The average Bonchev–Trinajstić information content (AvgIpc) is 1.58. The number of halogens is 6. The zero-order chi connectivity index (χ0) is 104. The molecule has 0 bridgehead atoms. The molecule has 21 rings (SSSR count). The van der Waals surface area contributed by atoms with Crippen molar-refractivity contribution in [3.05, 3.63) is 144 Å². The third-order valence-corrected chi connectivity index (χ3v) is 31.7. The van der Waals surface area contributed by atoms with Crippen LogP contribution in [0, 0.1) is 0 Å². The Balaban J connectivity index is 0.000000131. The van der Waals surface area contributed by atoms with Gasteiger partial charge in [0.05, 0.1) is 66.5 Å². The number of carbonyl (C=O) groups excluding carboxylic acids is 8. The largest absolute Gasteiger partial charge is 0.480 e. The van der Waals surface area contributed by atoms with Crippen LogP contribution in [0.4, 0.5) is 40.7 Å². The van der Waals surface area contributed by atoms with Crippen molar-refractivity contribution in [1.82, 2.24) is 56.4 Å². The molecule has 8 saturated heterocycles. The van der Waals surface area contributed by atoms with E-state index in [1.54, 1.807) is 46.4 Å². The maximum Gasteiger partial charge on any atom is 0.471 e. The maximum atomic E-state index is 13.6. The zero-order valence-corrected chi connectivity index (χ0v) is 84.8. The van der Waals surface area contributed by atoms with E-state index in [9.17, 15) is 74.3 Å². The Morgan fingerprint density at radius 1 is 0.366 bits per heavy atom. The lowest BCUT2D eigenvalue weighted by Crippen LogP contribution is -2.55. The lowest BCUT2D eigenvalue weighted by atomic mass is 9.86. The molecule has 8 amide bonds. The van der Waals surface area contributed by atoms with Crippen molar-refractivity contribution >= 4 is 59.8 Å². The molecule has 4 aromatic carbocycles. The van der Waals surface area contributed by atoms with Crippen LogP contribution in [0.2, 0.25) is 0 Å². The van der Waals surface area contributed by atoms with Crippen molar-refractivity contribution in [1.29, 1.82) is 0 Å². The fourth-order valence-corrected chi connectivity index (χ4v) is 22.3. The number of likely N-dealkylation sites (tertiary alicyclic amines) is 3. The molecule has 8 aliphatic heterocycles. The number of nitrogens with one attached hydrogen (secondary N) is 6. The molecule has 17 fully saturated rings. The monoisotopic (exact) mass is 2030 g/mol. The first-order valence-electron chi connectivity index (χ1n) is 52.0. The number of amides is 8. The summed E-state index contributed by atoms with van der Waals surface area (Å²) in [7, 11) is 0. The van der Waals surface area contributed by atoms with Gasteiger partial charge in [-0.2, -0.15) is 26.3 Å². The minimum Gasteiger partial charge on any atom is -0.480 e. The molecule has 796 valence electrons. The molecule has 32 nitrogen and oxygen atoms in total. The number of hydrogen-bond donors (Lipinski definition) is 10. The Bertz CT molecular complexity index is 5250. The van der Waals surface area contributed by atoms with Crippen molar-refractivity contribution in [3.63, 3.8) is 0 Å². The highest BCUT2D eigenvalue weighted by atomic mass is 19.4. The van der Waals surface area contributed by atoms with Crippen LogP contribution in [0.15, 0.2) is 121 Å². The smallest absolute Gasteiger partial charge is 0.471 e. The fraction of sp³-hybridized carbons (Fsp3) is 0.682. The second-order valence-corrected chi connectivity index (χ2v) is 46.8. The molecule has 4 unspecified atom stereocenters. The van der Waals surface area contributed by atoms with E-state index in [4.69, 9.17) is 54.8 Å². The third kappa shape index (κ3) is 27.3. The van der Waals surface area contributed by atoms with Crippen LogP contribution in [0.3, 0.4) is 0 Å². The predicted molar refractivity (Wildman–Crippen MR) is 522 cm³/mol. The molecule has 4 spiro atoms. The summed E-state index contributed by atoms with van der Waals surface area (Å²) in [4.78, 5) is 128. The number of rotatable bonds is 20. The van der Waals surface area contributed by atoms with E-state index in [2.05, 4.69) is 92.6 Å². The van der Waals surface area contributed by atoms with E-state index in [-0.39, 0.29) is 59.6 Å². The highest BCUT2D eigenvalue weighted by molar-refractivity contribution is 5.94. The van der Waals surface area contributed by atoms with E-state index < -0.39 is 129 Å². The summed E-state index contributed by atoms with van der Waals surface area (Å²) in [6.45, 7) is 23.0. The van der Waals surface area contributed by atoms with Crippen LogP contribution < -0.4 is 43.4 Å². The number of ether oxygens (including phenoxy) is 7. The number of carboxylic acids is 2. The summed E-state index contributed by atoms with van der Waals surface area (Å²) >= 11 is 0. The normalized spacial score (nSPS) is 28.5. The molecule has 12 atom stereocenters. The number of piperidine rings is 4. The highest BCUT2D eigenvalue weighted by Gasteiger charge is 2.63. The molecule has 8 heterocycles. The van der Waals surface area contributed by atoms with Gasteiger partial charge in [0.15, 0.2) is 0 Å². The average molecular weight is 2030 g/mol. The molecule has 0 radical (unpaired) electrons. The van der Waals surface area contributed by atoms with E-state index in [0.29, 0.717) is 152 Å². The maximum absolute atomic E-state index is 13.6. The number of benzene rings is 4. The molecule has 4 aromatic rings. The summed E-state index contributed by atoms with van der Waals surface area (Å²) < 4.78 is 121. The molecular formula is C107H147F6N13O19. The van der Waals surface area contributed by atoms with Crippen LogP contribution in [-0.2, 0) is 66.7 Å². The van der Waals surface area contributed by atoms with Crippen LogP contribution >= 0.6 is 0 Å². The number of nitrogens with zero attached hydrogens (tertiary/aromatic N) is 5. The van der Waals surface area contributed by atoms with E-state index >= 15 is 0 Å². The first kappa shape index (κ1) is 108. The first-order valence-corrected chi connectivity index (χ1v) is 52.0. The lowest BCUT2D eigenvalue weighted by molar-refractivity contribution is -0.188. The third-order valence-electron chi connectivity index (χ3n) is 31.7. The van der Waals surface area contributed by atoms with Gasteiger partial charge in [-0.3, -0.25) is 28.8 Å². The second kappa shape index (κ2) is 42.0. The molecule has 0 aromatic heterocycles. The van der Waals surface area contributed by atoms with Gasteiger partial charge in [-0.05, 0) is 265 Å². The fourth-order valence-electron chi connectivity index (χ4n) is 22.3. The minimum atomic E-state index is -4.96. The van der Waals surface area contributed by atoms with Crippen molar-refractivity contribution in [3.8, 4) is 0 Å². The molecule has 17 aliphatic rings. The summed E-state index contributed by atoms with van der Waals surface area (Å²) in [5.41, 5.74) is 8.82. The molecule has 9 saturated carbocycles. The Hall–Kier alpha value is -9.80. The van der Waals surface area contributed by atoms with Crippen molar-refractivity contribution in [2.45, 2.75) is 381 Å². The van der Waals surface area contributed by atoms with E-state index in [1.165, 1.54) is 24.0 Å². The van der Waals surface area contributed by atoms with Gasteiger partial charge >= 0.3 is 54.4 Å². The summed E-state index contributed by atoms with van der Waals surface area (Å²) in [6, 6.07) is 40.2. The van der Waals surface area contributed by atoms with Gasteiger partial charge in [0.2, 0.25) is 17.7 Å². The number of carboxylic acid groups (broad SMARTS) is 2. The lowest BCUT2D eigenvalue weighted by Gasteiger charge is -2.40. The summed E-state index contributed by atoms with van der Waals surface area (Å²) in [6.07, 6.45) is 7.16. The summed E-state index contributed by atoms with van der Waals surface area (Å²) in [5, 5.41) is 35.8. The van der Waals surface area contributed by atoms with Crippen molar-refractivity contribution in [2.24, 2.45) is 11.5 Å². The van der Waals surface area contributed by atoms with Crippen molar-refractivity contribution in [2.75, 3.05) is 78.8 Å². The molecule has 9 aliphatic carbocycles. The quantitative estimate of drug-likeness (QED) is 0.0290. The van der Waals surface area contributed by atoms with E-state index in [1.807, 2.05) is 91.2 Å². The van der Waals surface area contributed by atoms with Gasteiger partial charge in [0, 0.05) is 99.2 Å². The Morgan fingerprint density at radius 3 is 0.938 bits per heavy atom. The zero-order valence-electron chi connectivity index (χ0n) is 84.8. The Labute approximate surface area is 844 Å². The number of alkyl carbamates (subject to hydrolysis) is 3. The van der Waals surface area contributed by atoms with E-state index in [0.717, 1.165) is 125 Å². The molecule has 38 heteroatoms. The van der Waals surface area contributed by atoms with Crippen LogP contribution in [0.5, 0.6) is 0 Å². The molecule has 145 heavy (non-hydrogen) atoms. The molecule has 12 N–H and O–H groups in total. The van der Waals surface area contributed by atoms with Crippen molar-refractivity contribution < 1.29 is 118 Å². The van der Waals surface area contributed by atoms with Gasteiger partial charge in [-0.15, -0.1) is 0 Å². The SMILES string of the molecule is CC(C)(C)OC(=O)NC1(C(=O)N2CCC3(CC2)CC(N(C(=O)C(F)(F)F)[C@@H]2C[C@H]2c2ccccc2)CO3)CC1.CC(C)(C)OC(=O)NC1(C(=O)N2CCC3(CC2)CC(N[C@@H]2C[C@H]2c2ccccc2)CO3)CC1.CC(C)(C)OC(=O)NC1(C(=O)O)CC1.NC1(C(=O)N2CCC3(CC2)CC(N[C@@H]2C[C@H]2c2ccccc2)CO3)CC1.NC1(C(=O)O)CC1.O=C(N(C1COC2(CCNCC2)C1)[C@@H]1C[C@H]1c1ccccc1)C(F)(F)F. The number of carbonyl (C=O) groups is 10. The van der Waals surface area contributed by atoms with Crippen LogP contribution in [0.1, 0.15) is 275 Å². The minimum absolute atomic E-state index is 0.0212. The van der Waals surface area contributed by atoms with Gasteiger partial charge in [0.25, 0.3) is 0 Å². The number of nitrogens with two attached hydrogens (primary N) is 2. The number of hydrogen-bond acceptors (Lipinski definition) is 22.